The molecule has 0 fully saturated rings. The second-order valence-electron chi connectivity index (χ2n) is 18.7. The Morgan fingerprint density at radius 3 is 0.967 bits per heavy atom. The summed E-state index contributed by atoms with van der Waals surface area (Å²) < 4.78 is 0. The maximum atomic E-state index is 3.59. The summed E-state index contributed by atoms with van der Waals surface area (Å²) in [6, 6.07) is 3.54. The van der Waals surface area contributed by atoms with Crippen LogP contribution in [0.1, 0.15) is 310 Å². The van der Waals surface area contributed by atoms with E-state index in [0.717, 1.165) is 25.0 Å². The number of hydrogen-bond acceptors (Lipinski definition) is 1. The van der Waals surface area contributed by atoms with E-state index in [1.807, 2.05) is 0 Å². The summed E-state index contributed by atoms with van der Waals surface area (Å²) >= 11 is 0. The number of unbranched alkanes of at least 4 members (excludes halogenated alkanes) is 42. The SMILES string of the molecule is CCCCCCCCCCCCCCCCC#CB1C=CC=C(C#CCCCCCCCCCCCCCCCC)N1C#CCCCCCCCCCCCCCCCC. The second-order valence-corrected chi connectivity index (χ2v) is 18.7. The Kier molecular flexibility index (Phi) is 44.9. The Morgan fingerprint density at radius 2 is 0.633 bits per heavy atom. The van der Waals surface area contributed by atoms with Gasteiger partial charge in [-0.1, -0.05) is 295 Å². The van der Waals surface area contributed by atoms with Crippen molar-refractivity contribution in [2.24, 2.45) is 0 Å². The van der Waals surface area contributed by atoms with E-state index in [1.165, 1.54) is 270 Å². The van der Waals surface area contributed by atoms with Gasteiger partial charge in [0.1, 0.15) is 0 Å². The van der Waals surface area contributed by atoms with Gasteiger partial charge < -0.3 is 4.81 Å². The molecule has 60 heavy (non-hydrogen) atoms. The van der Waals surface area contributed by atoms with Crippen molar-refractivity contribution in [1.29, 1.82) is 0 Å². The molecular formula is C58H102BN. The van der Waals surface area contributed by atoms with E-state index in [0.29, 0.717) is 0 Å². The number of nitrogens with zero attached hydrogens (tertiary/aromatic N) is 1. The summed E-state index contributed by atoms with van der Waals surface area (Å²) in [5.41, 5.74) is 1.03. The van der Waals surface area contributed by atoms with Crippen LogP contribution in [0.2, 0.25) is 0 Å². The van der Waals surface area contributed by atoms with Gasteiger partial charge in [0.05, 0.1) is 5.70 Å². The zero-order valence-electron chi connectivity index (χ0n) is 41.1. The fourth-order valence-corrected chi connectivity index (χ4v) is 8.61. The molecule has 0 saturated carbocycles. The van der Waals surface area contributed by atoms with Crippen LogP contribution in [0.4, 0.5) is 0 Å². The second kappa shape index (κ2) is 48.1. The standard InChI is InChI=1S/C58H102BN/c1-4-7-10-13-16-19-22-25-28-31-34-37-40-43-46-49-53-58-54-52-56-59(55-50-47-44-41-38-35-32-29-26-23-20-17-14-11-8-5-2)60(58)57-51-48-45-42-39-36-33-30-27-24-21-18-15-12-9-6-3/h52,54,56H,4-48H2,1-3H3. The van der Waals surface area contributed by atoms with Crippen LogP contribution in [0.15, 0.2) is 23.8 Å². The van der Waals surface area contributed by atoms with Gasteiger partial charge in [-0.25, -0.2) is 0 Å². The summed E-state index contributed by atoms with van der Waals surface area (Å²) in [4.78, 5) is 2.18. The molecule has 1 aliphatic heterocycles. The minimum absolute atomic E-state index is 0.0100. The highest BCUT2D eigenvalue weighted by Crippen LogP contribution is 2.17. The van der Waals surface area contributed by atoms with Gasteiger partial charge >= 0.3 is 6.85 Å². The molecule has 0 aromatic heterocycles. The van der Waals surface area contributed by atoms with Gasteiger partial charge in [-0.15, -0.1) is 11.7 Å². The molecule has 2 heteroatoms. The van der Waals surface area contributed by atoms with E-state index >= 15 is 0 Å². The zero-order chi connectivity index (χ0) is 42.9. The van der Waals surface area contributed by atoms with Crippen LogP contribution in [-0.4, -0.2) is 11.7 Å². The van der Waals surface area contributed by atoms with Crippen LogP contribution in [0, 0.1) is 35.5 Å². The molecule has 342 valence electrons. The van der Waals surface area contributed by atoms with Crippen LogP contribution in [0.25, 0.3) is 0 Å². The van der Waals surface area contributed by atoms with Crippen molar-refractivity contribution in [3.05, 3.63) is 23.8 Å². The Morgan fingerprint density at radius 1 is 0.350 bits per heavy atom. The van der Waals surface area contributed by atoms with E-state index in [9.17, 15) is 0 Å². The van der Waals surface area contributed by atoms with E-state index < -0.39 is 0 Å². The monoisotopic (exact) mass is 824 g/mol. The molecule has 1 heterocycles. The molecule has 0 unspecified atom stereocenters. The van der Waals surface area contributed by atoms with Gasteiger partial charge in [-0.05, 0) is 31.3 Å². The lowest BCUT2D eigenvalue weighted by molar-refractivity contribution is 0.536. The van der Waals surface area contributed by atoms with Gasteiger partial charge in [0.25, 0.3) is 0 Å². The Bertz CT molecular complexity index is 1150. The Labute approximate surface area is 379 Å². The molecule has 0 amide bonds. The lowest BCUT2D eigenvalue weighted by Crippen LogP contribution is -2.34. The smallest absolute Gasteiger partial charge is 0.321 e. The van der Waals surface area contributed by atoms with E-state index in [4.69, 9.17) is 0 Å². The maximum Gasteiger partial charge on any atom is 0.381 e. The largest absolute Gasteiger partial charge is 0.381 e. The molecule has 1 rings (SSSR count). The quantitative estimate of drug-likeness (QED) is 0.0337. The number of rotatable bonds is 42. The van der Waals surface area contributed by atoms with Crippen LogP contribution < -0.4 is 0 Å². The topological polar surface area (TPSA) is 3.24 Å². The van der Waals surface area contributed by atoms with Crippen molar-refractivity contribution in [2.75, 3.05) is 0 Å². The van der Waals surface area contributed by atoms with Crippen molar-refractivity contribution in [2.45, 2.75) is 310 Å². The van der Waals surface area contributed by atoms with Crippen molar-refractivity contribution in [3.63, 3.8) is 0 Å². The molecule has 1 aliphatic rings. The third kappa shape index (κ3) is 38.9. The highest BCUT2D eigenvalue weighted by atomic mass is 15.0. The van der Waals surface area contributed by atoms with Gasteiger partial charge in [0.15, 0.2) is 0 Å². The molecule has 1 nitrogen and oxygen atoms in total. The van der Waals surface area contributed by atoms with Crippen LogP contribution >= 0.6 is 0 Å². The van der Waals surface area contributed by atoms with E-state index in [2.05, 4.69) is 79.3 Å². The predicted molar refractivity (Wildman–Crippen MR) is 273 cm³/mol. The Hall–Kier alpha value is -1.98. The van der Waals surface area contributed by atoms with Gasteiger partial charge in [-0.3, -0.25) is 0 Å². The molecule has 0 bridgehead atoms. The lowest BCUT2D eigenvalue weighted by Gasteiger charge is -2.22. The molecule has 0 N–H and O–H groups in total. The lowest BCUT2D eigenvalue weighted by atomic mass is 9.59. The summed E-state index contributed by atoms with van der Waals surface area (Å²) in [7, 11) is 0. The van der Waals surface area contributed by atoms with Crippen molar-refractivity contribution in [1.82, 2.24) is 4.81 Å². The summed E-state index contributed by atoms with van der Waals surface area (Å²) in [6.07, 6.45) is 65.9. The molecule has 0 atom stereocenters. The molecule has 0 aliphatic carbocycles. The highest BCUT2D eigenvalue weighted by molar-refractivity contribution is 6.71. The third-order valence-corrected chi connectivity index (χ3v) is 12.7. The summed E-state index contributed by atoms with van der Waals surface area (Å²) in [6.45, 7) is 6.92. The first-order chi connectivity index (χ1) is 29.8. The van der Waals surface area contributed by atoms with Gasteiger partial charge in [-0.2, -0.15) is 0 Å². The van der Waals surface area contributed by atoms with E-state index in [1.54, 1.807) is 0 Å². The van der Waals surface area contributed by atoms with Gasteiger partial charge in [0.2, 0.25) is 0 Å². The van der Waals surface area contributed by atoms with Crippen LogP contribution in [0.3, 0.4) is 0 Å². The van der Waals surface area contributed by atoms with Crippen LogP contribution in [-0.2, 0) is 0 Å². The fourth-order valence-electron chi connectivity index (χ4n) is 8.61. The first kappa shape index (κ1) is 56.0. The molecule has 0 saturated heterocycles. The van der Waals surface area contributed by atoms with Crippen molar-refractivity contribution < 1.29 is 0 Å². The predicted octanol–water partition coefficient (Wildman–Crippen LogP) is 19.4. The molecule has 0 radical (unpaired) electrons. The molecule has 0 aromatic carbocycles. The van der Waals surface area contributed by atoms with Crippen molar-refractivity contribution >= 4 is 6.85 Å². The Balaban J connectivity index is 2.40. The maximum absolute atomic E-state index is 3.59. The summed E-state index contributed by atoms with van der Waals surface area (Å²) in [5.74, 6) is 19.9. The first-order valence-electron chi connectivity index (χ1n) is 27.5. The summed E-state index contributed by atoms with van der Waals surface area (Å²) in [5, 5.41) is 0. The number of allylic oxidation sites excluding steroid dienone is 3. The van der Waals surface area contributed by atoms with Crippen molar-refractivity contribution in [3.8, 4) is 35.5 Å². The first-order valence-corrected chi connectivity index (χ1v) is 27.5. The average Bonchev–Trinajstić information content (AvgIpc) is 3.26. The van der Waals surface area contributed by atoms with E-state index in [-0.39, 0.29) is 6.85 Å². The molecule has 0 aromatic rings. The van der Waals surface area contributed by atoms with Gasteiger partial charge in [0, 0.05) is 25.3 Å². The normalized spacial score (nSPS) is 12.2. The molecular weight excluding hydrogens is 721 g/mol. The number of hydrogen-bond donors (Lipinski definition) is 0. The minimum Gasteiger partial charge on any atom is -0.321 e. The highest BCUT2D eigenvalue weighted by Gasteiger charge is 2.21. The fraction of sp³-hybridized carbons (Fsp3) is 0.828. The zero-order valence-corrected chi connectivity index (χ0v) is 41.1. The third-order valence-electron chi connectivity index (χ3n) is 12.7. The average molecular weight is 824 g/mol. The molecule has 0 spiro atoms. The van der Waals surface area contributed by atoms with Crippen LogP contribution in [0.5, 0.6) is 0 Å². The minimum atomic E-state index is 0.0100.